The zero-order chi connectivity index (χ0) is 15.5. The molecule has 0 aliphatic carbocycles. The third kappa shape index (κ3) is 3.24. The van der Waals surface area contributed by atoms with Crippen molar-refractivity contribution >= 4 is 27.7 Å². The lowest BCUT2D eigenvalue weighted by Crippen LogP contribution is -2.55. The van der Waals surface area contributed by atoms with Crippen molar-refractivity contribution in [3.8, 4) is 0 Å². The van der Waals surface area contributed by atoms with Gasteiger partial charge in [-0.15, -0.1) is 0 Å². The topological polar surface area (TPSA) is 87.7 Å². The summed E-state index contributed by atoms with van der Waals surface area (Å²) in [5.41, 5.74) is 3.54. The van der Waals surface area contributed by atoms with Crippen LogP contribution in [0.4, 0.5) is 8.78 Å². The van der Waals surface area contributed by atoms with Gasteiger partial charge in [0.2, 0.25) is 0 Å². The summed E-state index contributed by atoms with van der Waals surface area (Å²) in [6.45, 7) is 3.15. The molecule has 0 radical (unpaired) electrons. The van der Waals surface area contributed by atoms with Crippen molar-refractivity contribution in [3.05, 3.63) is 33.8 Å². The van der Waals surface area contributed by atoms with Crippen LogP contribution in [0.5, 0.6) is 0 Å². The lowest BCUT2D eigenvalue weighted by molar-refractivity contribution is 0.0916. The number of halogens is 3. The molecule has 0 spiro atoms. The van der Waals surface area contributed by atoms with Crippen molar-refractivity contribution in [3.63, 3.8) is 0 Å². The van der Waals surface area contributed by atoms with Gasteiger partial charge in [-0.05, 0) is 25.5 Å². The largest absolute Gasteiger partial charge is 0.409 e. The van der Waals surface area contributed by atoms with Crippen LogP contribution in [-0.4, -0.2) is 22.5 Å². The van der Waals surface area contributed by atoms with Gasteiger partial charge in [-0.2, -0.15) is 0 Å². The van der Waals surface area contributed by atoms with Gasteiger partial charge in [-0.3, -0.25) is 4.79 Å². The molecular weight excluding hydrogens is 336 g/mol. The molecule has 1 aromatic carbocycles. The molecule has 1 atom stereocenters. The number of amides is 1. The summed E-state index contributed by atoms with van der Waals surface area (Å²) >= 11 is 2.92. The smallest absolute Gasteiger partial charge is 0.258 e. The van der Waals surface area contributed by atoms with E-state index in [0.29, 0.717) is 0 Å². The number of amidine groups is 1. The van der Waals surface area contributed by atoms with Gasteiger partial charge in [0.05, 0.1) is 5.54 Å². The Balaban J connectivity index is 3.15. The Morgan fingerprint density at radius 1 is 1.50 bits per heavy atom. The fourth-order valence-corrected chi connectivity index (χ4v) is 1.92. The van der Waals surface area contributed by atoms with Crippen molar-refractivity contribution in [1.82, 2.24) is 5.32 Å². The van der Waals surface area contributed by atoms with Crippen LogP contribution in [0.25, 0.3) is 0 Å². The molecule has 1 rings (SSSR count). The minimum Gasteiger partial charge on any atom is -0.409 e. The monoisotopic (exact) mass is 349 g/mol. The van der Waals surface area contributed by atoms with E-state index in [0.717, 1.165) is 12.1 Å². The SMILES string of the molecule is CCC(C)(NC(=O)c1c(F)cc(Br)cc1F)C(N)=NO. The molecular formula is C12H14BrF2N3O2. The summed E-state index contributed by atoms with van der Waals surface area (Å²) in [7, 11) is 0. The third-order valence-electron chi connectivity index (χ3n) is 3.00. The molecule has 0 saturated carbocycles. The maximum atomic E-state index is 13.7. The van der Waals surface area contributed by atoms with Crippen LogP contribution in [0.15, 0.2) is 21.8 Å². The highest BCUT2D eigenvalue weighted by atomic mass is 79.9. The van der Waals surface area contributed by atoms with Crippen LogP contribution in [0.3, 0.4) is 0 Å². The van der Waals surface area contributed by atoms with Gasteiger partial charge in [-0.1, -0.05) is 28.0 Å². The average molecular weight is 350 g/mol. The number of nitrogens with two attached hydrogens (primary N) is 1. The molecule has 0 aromatic heterocycles. The highest BCUT2D eigenvalue weighted by Gasteiger charge is 2.32. The number of oxime groups is 1. The van der Waals surface area contributed by atoms with Gasteiger partial charge >= 0.3 is 0 Å². The van der Waals surface area contributed by atoms with Crippen molar-refractivity contribution in [2.24, 2.45) is 10.9 Å². The van der Waals surface area contributed by atoms with Gasteiger partial charge in [0.25, 0.3) is 5.91 Å². The average Bonchev–Trinajstić information content (AvgIpc) is 2.36. The summed E-state index contributed by atoms with van der Waals surface area (Å²) in [6.07, 6.45) is 0.272. The Kier molecular flexibility index (Phi) is 5.04. The number of nitrogens with one attached hydrogen (secondary N) is 1. The maximum absolute atomic E-state index is 13.7. The quantitative estimate of drug-likeness (QED) is 0.337. The van der Waals surface area contributed by atoms with Crippen molar-refractivity contribution in [2.45, 2.75) is 25.8 Å². The fourth-order valence-electron chi connectivity index (χ4n) is 1.52. The first-order valence-electron chi connectivity index (χ1n) is 5.70. The van der Waals surface area contributed by atoms with E-state index in [-0.39, 0.29) is 16.7 Å². The summed E-state index contributed by atoms with van der Waals surface area (Å²) in [5.74, 6) is -3.26. The molecule has 1 amide bonds. The molecule has 0 heterocycles. The first-order valence-corrected chi connectivity index (χ1v) is 6.49. The maximum Gasteiger partial charge on any atom is 0.258 e. The Hall–Kier alpha value is -1.70. The van der Waals surface area contributed by atoms with Crippen LogP contribution in [-0.2, 0) is 0 Å². The third-order valence-corrected chi connectivity index (χ3v) is 3.46. The van der Waals surface area contributed by atoms with Gasteiger partial charge in [0.15, 0.2) is 5.84 Å². The second-order valence-corrected chi connectivity index (χ2v) is 5.29. The van der Waals surface area contributed by atoms with E-state index in [1.54, 1.807) is 6.92 Å². The highest BCUT2D eigenvalue weighted by molar-refractivity contribution is 9.10. The summed E-state index contributed by atoms with van der Waals surface area (Å²) in [6, 6.07) is 1.95. The zero-order valence-electron chi connectivity index (χ0n) is 10.9. The predicted molar refractivity (Wildman–Crippen MR) is 73.6 cm³/mol. The molecule has 1 aromatic rings. The van der Waals surface area contributed by atoms with E-state index >= 15 is 0 Å². The summed E-state index contributed by atoms with van der Waals surface area (Å²) < 4.78 is 27.5. The van der Waals surface area contributed by atoms with Gasteiger partial charge in [0, 0.05) is 4.47 Å². The molecule has 20 heavy (non-hydrogen) atoms. The number of carbonyl (C=O) groups excluding carboxylic acids is 1. The molecule has 110 valence electrons. The first-order chi connectivity index (χ1) is 9.25. The molecule has 0 bridgehead atoms. The second-order valence-electron chi connectivity index (χ2n) is 4.37. The van der Waals surface area contributed by atoms with E-state index in [1.165, 1.54) is 6.92 Å². The van der Waals surface area contributed by atoms with E-state index in [1.807, 2.05) is 0 Å². The number of nitrogens with zero attached hydrogens (tertiary/aromatic N) is 1. The van der Waals surface area contributed by atoms with E-state index in [9.17, 15) is 13.6 Å². The number of hydrogen-bond donors (Lipinski definition) is 3. The minimum atomic E-state index is -1.21. The van der Waals surface area contributed by atoms with Gasteiger partial charge in [-0.25, -0.2) is 8.78 Å². The summed E-state index contributed by atoms with van der Waals surface area (Å²) in [5, 5.41) is 13.9. The molecule has 5 nitrogen and oxygen atoms in total. The lowest BCUT2D eigenvalue weighted by Gasteiger charge is -2.28. The molecule has 0 aliphatic heterocycles. The Labute approximate surface area is 123 Å². The van der Waals surface area contributed by atoms with Crippen LogP contribution < -0.4 is 11.1 Å². The van der Waals surface area contributed by atoms with Crippen molar-refractivity contribution in [2.75, 3.05) is 0 Å². The van der Waals surface area contributed by atoms with Gasteiger partial charge in [0.1, 0.15) is 17.2 Å². The van der Waals surface area contributed by atoms with Crippen LogP contribution in [0.2, 0.25) is 0 Å². The van der Waals surface area contributed by atoms with Crippen molar-refractivity contribution in [1.29, 1.82) is 0 Å². The van der Waals surface area contributed by atoms with E-state index in [2.05, 4.69) is 26.4 Å². The van der Waals surface area contributed by atoms with E-state index < -0.39 is 28.6 Å². The normalized spacial score (nSPS) is 14.8. The molecule has 0 saturated heterocycles. The van der Waals surface area contributed by atoms with Crippen LogP contribution >= 0.6 is 15.9 Å². The fraction of sp³-hybridized carbons (Fsp3) is 0.333. The zero-order valence-corrected chi connectivity index (χ0v) is 12.5. The van der Waals surface area contributed by atoms with Gasteiger partial charge < -0.3 is 16.3 Å². The van der Waals surface area contributed by atoms with E-state index in [4.69, 9.17) is 10.9 Å². The van der Waals surface area contributed by atoms with Crippen LogP contribution in [0.1, 0.15) is 30.6 Å². The number of hydrogen-bond acceptors (Lipinski definition) is 3. The Morgan fingerprint density at radius 2 is 2.00 bits per heavy atom. The molecule has 0 fully saturated rings. The standard InChI is InChI=1S/C12H14BrF2N3O2/c1-3-12(2,11(16)18-20)17-10(19)9-7(14)4-6(13)5-8(9)15/h4-5,20H,3H2,1-2H3,(H2,16,18)(H,17,19). The molecule has 1 unspecified atom stereocenters. The summed E-state index contributed by atoms with van der Waals surface area (Å²) in [4.78, 5) is 12.0. The second kappa shape index (κ2) is 6.17. The lowest BCUT2D eigenvalue weighted by atomic mass is 9.96. The molecule has 0 aliphatic rings. The Bertz CT molecular complexity index is 543. The minimum absolute atomic E-state index is 0.179. The Morgan fingerprint density at radius 3 is 2.40 bits per heavy atom. The highest BCUT2D eigenvalue weighted by Crippen LogP contribution is 2.20. The molecule has 8 heteroatoms. The van der Waals surface area contributed by atoms with Crippen molar-refractivity contribution < 1.29 is 18.8 Å². The van der Waals surface area contributed by atoms with Crippen LogP contribution in [0, 0.1) is 11.6 Å². The molecule has 4 N–H and O–H groups in total. The number of benzene rings is 1. The number of rotatable bonds is 4. The first kappa shape index (κ1) is 16.4. The predicted octanol–water partition coefficient (Wildman–Crippen LogP) is 2.37. The number of carbonyl (C=O) groups is 1.